The van der Waals surface area contributed by atoms with Crippen LogP contribution in [0.25, 0.3) is 0 Å². The minimum absolute atomic E-state index is 0.547. The van der Waals surface area contributed by atoms with Gasteiger partial charge in [-0.05, 0) is 264 Å². The van der Waals surface area contributed by atoms with Crippen LogP contribution in [-0.2, 0) is 0 Å². The molecule has 10 rings (SSSR count). The molecule has 0 heteroatoms. The Morgan fingerprint density at radius 2 is 0.711 bits per heavy atom. The second kappa shape index (κ2) is 34.2. The highest BCUT2D eigenvalue weighted by Crippen LogP contribution is 2.58. The third-order valence-corrected chi connectivity index (χ3v) is 27.7. The first-order valence-corrected chi connectivity index (χ1v) is 40.4. The lowest BCUT2D eigenvalue weighted by molar-refractivity contribution is 0.0202. The summed E-state index contributed by atoms with van der Waals surface area (Å²) in [6.07, 6.45) is 44.8. The predicted octanol–water partition coefficient (Wildman–Crippen LogP) is 31.4. The third kappa shape index (κ3) is 31.7. The highest BCUT2D eigenvalue weighted by Gasteiger charge is 2.47. The fourth-order valence-corrected chi connectivity index (χ4v) is 22.5. The molecular formula is C90H178. The van der Waals surface area contributed by atoms with E-state index in [2.05, 4.69) is 242 Å². The molecule has 0 aliphatic heterocycles. The van der Waals surface area contributed by atoms with Crippen LogP contribution in [0.1, 0.15) is 441 Å². The van der Waals surface area contributed by atoms with Gasteiger partial charge in [-0.2, -0.15) is 0 Å². The molecule has 0 saturated heterocycles. The SMILES string of the molecule is CC(C)(C)C1CCC1.CC1(C)CC(C)(C)CC(C)(C)C1.CC1C(C)(C)CCCC1(C)C.CC1CC(C)(C)CC(C)(C)C1.CC1CCC(C)(C)CC1.CC1CCCC(C)C1C.CCC1CC(C)(C)CC(C)(C)C1.C[C@@H]1CCCCC1(C)C.C[C@H]1CC2CCC1(C)C2. The molecule has 0 aromatic rings. The van der Waals surface area contributed by atoms with Crippen LogP contribution in [0.4, 0.5) is 0 Å². The fraction of sp³-hybridized carbons (Fsp3) is 1.00. The van der Waals surface area contributed by atoms with Crippen molar-refractivity contribution in [2.45, 2.75) is 441 Å². The van der Waals surface area contributed by atoms with E-state index in [1.54, 1.807) is 0 Å². The maximum atomic E-state index is 2.48. The quantitative estimate of drug-likeness (QED) is 0.245. The number of hydrogen-bond donors (Lipinski definition) is 0. The lowest BCUT2D eigenvalue weighted by atomic mass is 9.56. The molecule has 10 aliphatic carbocycles. The standard InChI is InChI=1S/2C12H24.2C11H22.C9H16.3C9H18.C8H16/c1-10(2)7-11(3,4)9-12(5,6)8-10;1-6-10-7-11(2,3)9-12(4,5)8-10;1-9-6-10(2,3)8-11(4,5)7-9;1-9-10(2,3)7-6-8-11(9,4)5;1-7-5-8-3-4-9(7,2)6-8;1-8-4-6-9(2,3)7-5-8;1-8-6-4-5-7-9(8,2)3;1-7-5-4-6-8(2)9(7)3;1-8(2,3)7-5-4-6-7/h7-9H2,1-6H3;10H,6-9H2,1-5H3;2*9H,6-8H2,1-5H3;7-8H,3-6H2,1-2H3;2*8H,4-7H2,1-3H3;7-9H,4-6H2,1-3H3;7H,4-6H2,1-3H3/t;;;;7-,8?,9?;;8-;;/m....0.1../s1. The molecule has 0 radical (unpaired) electrons. The van der Waals surface area contributed by atoms with E-state index in [9.17, 15) is 0 Å². The maximum Gasteiger partial charge on any atom is -0.0297 e. The van der Waals surface area contributed by atoms with Gasteiger partial charge in [0.1, 0.15) is 0 Å². The topological polar surface area (TPSA) is 0 Å². The van der Waals surface area contributed by atoms with E-state index < -0.39 is 0 Å². The van der Waals surface area contributed by atoms with Gasteiger partial charge in [0.15, 0.2) is 0 Å². The van der Waals surface area contributed by atoms with Gasteiger partial charge >= 0.3 is 0 Å². The molecule has 0 aromatic carbocycles. The van der Waals surface area contributed by atoms with Crippen molar-refractivity contribution in [3.63, 3.8) is 0 Å². The van der Waals surface area contributed by atoms with Crippen LogP contribution in [0.2, 0.25) is 0 Å². The molecular weight excluding hydrogens is 1080 g/mol. The molecule has 10 saturated carbocycles. The molecule has 0 spiro atoms. The molecule has 538 valence electrons. The maximum absolute atomic E-state index is 2.48. The van der Waals surface area contributed by atoms with Crippen LogP contribution in [0.3, 0.4) is 0 Å². The van der Waals surface area contributed by atoms with Crippen molar-refractivity contribution in [3.8, 4) is 0 Å². The first-order valence-electron chi connectivity index (χ1n) is 40.4. The van der Waals surface area contributed by atoms with Crippen molar-refractivity contribution in [3.05, 3.63) is 0 Å². The molecule has 0 aromatic heterocycles. The molecule has 0 nitrogen and oxygen atoms in total. The van der Waals surface area contributed by atoms with Gasteiger partial charge < -0.3 is 0 Å². The summed E-state index contributed by atoms with van der Waals surface area (Å²) in [5, 5.41) is 0. The smallest absolute Gasteiger partial charge is 0.0297 e. The summed E-state index contributed by atoms with van der Waals surface area (Å²) >= 11 is 0. The van der Waals surface area contributed by atoms with Gasteiger partial charge in [0.2, 0.25) is 0 Å². The Labute approximate surface area is 573 Å². The van der Waals surface area contributed by atoms with E-state index in [0.29, 0.717) is 65.0 Å². The van der Waals surface area contributed by atoms with E-state index in [0.717, 1.165) is 70.5 Å². The van der Waals surface area contributed by atoms with E-state index in [-0.39, 0.29) is 0 Å². The predicted molar refractivity (Wildman–Crippen MR) is 412 cm³/mol. The second-order valence-corrected chi connectivity index (χ2v) is 45.4. The normalized spacial score (nSPS) is 33.9. The van der Waals surface area contributed by atoms with Gasteiger partial charge in [0, 0.05) is 0 Å². The summed E-state index contributed by atoms with van der Waals surface area (Å²) in [4.78, 5) is 0. The van der Waals surface area contributed by atoms with Crippen molar-refractivity contribution in [1.82, 2.24) is 0 Å². The minimum atomic E-state index is 0.547. The van der Waals surface area contributed by atoms with Crippen LogP contribution in [0.5, 0.6) is 0 Å². The van der Waals surface area contributed by atoms with Crippen molar-refractivity contribution < 1.29 is 0 Å². The highest BCUT2D eigenvalue weighted by molar-refractivity contribution is 4.98. The summed E-state index contributed by atoms with van der Waals surface area (Å²) in [7, 11) is 0. The van der Waals surface area contributed by atoms with Crippen LogP contribution >= 0.6 is 0 Å². The molecule has 10 fully saturated rings. The first-order chi connectivity index (χ1) is 40.4. The Balaban J connectivity index is 0.000000346. The zero-order valence-electron chi connectivity index (χ0n) is 69.8. The van der Waals surface area contributed by atoms with Gasteiger partial charge in [-0.15, -0.1) is 0 Å². The van der Waals surface area contributed by atoms with Crippen LogP contribution in [0.15, 0.2) is 0 Å². The summed E-state index contributed by atoms with van der Waals surface area (Å²) in [5.74, 6) is 10.8. The summed E-state index contributed by atoms with van der Waals surface area (Å²) in [6.45, 7) is 84.1. The molecule has 10 aliphatic rings. The Kier molecular flexibility index (Phi) is 32.7. The molecule has 0 heterocycles. The highest BCUT2D eigenvalue weighted by atomic mass is 14.5. The fourth-order valence-electron chi connectivity index (χ4n) is 22.5. The van der Waals surface area contributed by atoms with Gasteiger partial charge in [-0.3, -0.25) is 0 Å². The Morgan fingerprint density at radius 3 is 0.956 bits per heavy atom. The average molecular weight is 1260 g/mol. The molecule has 2 bridgehead atoms. The monoisotopic (exact) mass is 1260 g/mol. The summed E-state index contributed by atoms with van der Waals surface area (Å²) in [6, 6.07) is 0. The van der Waals surface area contributed by atoms with Gasteiger partial charge in [0.25, 0.3) is 0 Å². The van der Waals surface area contributed by atoms with Crippen molar-refractivity contribution in [2.75, 3.05) is 0 Å². The molecule has 0 N–H and O–H groups in total. The van der Waals surface area contributed by atoms with Crippen molar-refractivity contribution in [1.29, 1.82) is 0 Å². The summed E-state index contributed by atoms with van der Waals surface area (Å²) in [5.41, 5.74) is 7.78. The summed E-state index contributed by atoms with van der Waals surface area (Å²) < 4.78 is 0. The van der Waals surface area contributed by atoms with E-state index in [1.165, 1.54) is 199 Å². The van der Waals surface area contributed by atoms with E-state index in [1.807, 2.05) is 0 Å². The average Bonchev–Trinajstić information content (AvgIpc) is 1.45. The molecule has 0 amide bonds. The van der Waals surface area contributed by atoms with Gasteiger partial charge in [-0.1, -0.05) is 313 Å². The zero-order valence-corrected chi connectivity index (χ0v) is 69.8. The largest absolute Gasteiger partial charge is 0.0651 e. The van der Waals surface area contributed by atoms with Crippen LogP contribution in [0, 0.1) is 135 Å². The van der Waals surface area contributed by atoms with Gasteiger partial charge in [-0.25, -0.2) is 0 Å². The van der Waals surface area contributed by atoms with E-state index in [4.69, 9.17) is 0 Å². The van der Waals surface area contributed by atoms with Crippen LogP contribution < -0.4 is 0 Å². The molecule has 6 atom stereocenters. The van der Waals surface area contributed by atoms with E-state index >= 15 is 0 Å². The van der Waals surface area contributed by atoms with Gasteiger partial charge in [0.05, 0.1) is 0 Å². The lowest BCUT2D eigenvalue weighted by Crippen LogP contribution is -2.38. The first kappa shape index (κ1) is 86.1. The second-order valence-electron chi connectivity index (χ2n) is 45.4. The van der Waals surface area contributed by atoms with Crippen molar-refractivity contribution >= 4 is 0 Å². The number of hydrogen-bond acceptors (Lipinski definition) is 0. The number of rotatable bonds is 1. The third-order valence-electron chi connectivity index (χ3n) is 27.7. The molecule has 4 unspecified atom stereocenters. The minimum Gasteiger partial charge on any atom is -0.0651 e. The number of fused-ring (bicyclic) bond motifs is 2. The molecule has 90 heavy (non-hydrogen) atoms. The zero-order chi connectivity index (χ0) is 69.8. The Morgan fingerprint density at radius 1 is 0.322 bits per heavy atom. The Hall–Kier alpha value is 0. The Bertz CT molecular complexity index is 1860. The van der Waals surface area contributed by atoms with Crippen LogP contribution in [-0.4, -0.2) is 0 Å². The lowest BCUT2D eigenvalue weighted by Gasteiger charge is -2.49. The van der Waals surface area contributed by atoms with Crippen molar-refractivity contribution in [2.24, 2.45) is 135 Å².